The van der Waals surface area contributed by atoms with Gasteiger partial charge in [-0.25, -0.2) is 0 Å². The van der Waals surface area contributed by atoms with E-state index in [-0.39, 0.29) is 29.9 Å². The van der Waals surface area contributed by atoms with Crippen molar-refractivity contribution in [1.82, 2.24) is 20.4 Å². The average Bonchev–Trinajstić information content (AvgIpc) is 3.10. The lowest BCUT2D eigenvalue weighted by atomic mass is 10.2. The second-order valence-corrected chi connectivity index (χ2v) is 6.35. The summed E-state index contributed by atoms with van der Waals surface area (Å²) in [5, 5.41) is 7.30. The van der Waals surface area contributed by atoms with Crippen LogP contribution in [0.3, 0.4) is 0 Å². The molecule has 1 aromatic carbocycles. The first-order valence-electron chi connectivity index (χ1n) is 8.99. The van der Waals surface area contributed by atoms with Crippen molar-refractivity contribution in [1.29, 1.82) is 0 Å². The van der Waals surface area contributed by atoms with Gasteiger partial charge in [0.1, 0.15) is 5.75 Å². The molecule has 0 atom stereocenters. The fourth-order valence-corrected chi connectivity index (χ4v) is 2.50. The molecule has 0 unspecified atom stereocenters. The van der Waals surface area contributed by atoms with Crippen LogP contribution in [0.5, 0.6) is 5.75 Å². The third kappa shape index (κ3) is 7.00. The van der Waals surface area contributed by atoms with Gasteiger partial charge in [0.2, 0.25) is 5.89 Å². The topological polar surface area (TPSA) is 75.8 Å². The van der Waals surface area contributed by atoms with Crippen molar-refractivity contribution in [3.05, 3.63) is 41.5 Å². The van der Waals surface area contributed by atoms with Crippen LogP contribution in [0.4, 0.5) is 0 Å². The van der Waals surface area contributed by atoms with Gasteiger partial charge in [0.15, 0.2) is 11.8 Å². The van der Waals surface area contributed by atoms with Crippen molar-refractivity contribution < 1.29 is 9.26 Å². The van der Waals surface area contributed by atoms with Crippen molar-refractivity contribution in [2.24, 2.45) is 4.99 Å². The molecule has 0 spiro atoms. The lowest BCUT2D eigenvalue weighted by Crippen LogP contribution is -2.38. The minimum absolute atomic E-state index is 0. The summed E-state index contributed by atoms with van der Waals surface area (Å²) < 4.78 is 10.7. The fourth-order valence-electron chi connectivity index (χ4n) is 2.50. The Balaban J connectivity index is 0.00000364. The summed E-state index contributed by atoms with van der Waals surface area (Å²) in [6.45, 7) is 8.23. The molecular weight excluding hydrogens is 457 g/mol. The Morgan fingerprint density at radius 1 is 1.33 bits per heavy atom. The zero-order valence-corrected chi connectivity index (χ0v) is 19.1. The van der Waals surface area contributed by atoms with Gasteiger partial charge in [-0.3, -0.25) is 4.99 Å². The van der Waals surface area contributed by atoms with Gasteiger partial charge in [0.25, 0.3) is 0 Å². The van der Waals surface area contributed by atoms with Crippen LogP contribution in [0.25, 0.3) is 0 Å². The van der Waals surface area contributed by atoms with E-state index in [2.05, 4.69) is 38.3 Å². The van der Waals surface area contributed by atoms with Crippen LogP contribution in [-0.4, -0.2) is 48.2 Å². The Hall–Kier alpha value is -1.84. The molecule has 0 saturated heterocycles. The number of methoxy groups -OCH3 is 1. The number of halogens is 1. The van der Waals surface area contributed by atoms with Crippen LogP contribution >= 0.6 is 24.0 Å². The zero-order valence-electron chi connectivity index (χ0n) is 16.7. The van der Waals surface area contributed by atoms with Gasteiger partial charge in [0, 0.05) is 38.0 Å². The molecule has 1 N–H and O–H groups in total. The normalized spacial score (nSPS) is 11.3. The number of benzene rings is 1. The predicted molar refractivity (Wildman–Crippen MR) is 118 cm³/mol. The Kier molecular flexibility index (Phi) is 10.1. The first-order chi connectivity index (χ1) is 12.5. The molecule has 150 valence electrons. The van der Waals surface area contributed by atoms with E-state index in [1.54, 1.807) is 7.11 Å². The molecule has 0 aliphatic rings. The molecule has 0 aliphatic carbocycles. The van der Waals surface area contributed by atoms with Crippen LogP contribution in [0.2, 0.25) is 0 Å². The Bertz CT molecular complexity index is 718. The number of aromatic nitrogens is 2. The molecule has 1 heterocycles. The minimum Gasteiger partial charge on any atom is -0.496 e. The average molecular weight is 487 g/mol. The molecule has 0 saturated carbocycles. The zero-order chi connectivity index (χ0) is 18.9. The summed E-state index contributed by atoms with van der Waals surface area (Å²) in [7, 11) is 3.70. The molecule has 0 radical (unpaired) electrons. The Labute approximate surface area is 178 Å². The number of hydrogen-bond acceptors (Lipinski definition) is 5. The fraction of sp³-hybridized carbons (Fsp3) is 0.526. The highest BCUT2D eigenvalue weighted by Crippen LogP contribution is 2.18. The minimum atomic E-state index is 0. The quantitative estimate of drug-likeness (QED) is 0.349. The second kappa shape index (κ2) is 11.8. The molecule has 27 heavy (non-hydrogen) atoms. The van der Waals surface area contributed by atoms with E-state index in [1.807, 2.05) is 39.1 Å². The molecule has 1 aromatic heterocycles. The summed E-state index contributed by atoms with van der Waals surface area (Å²) in [5.41, 5.74) is 1.11. The van der Waals surface area contributed by atoms with Crippen LogP contribution in [0, 0.1) is 0 Å². The van der Waals surface area contributed by atoms with E-state index in [0.29, 0.717) is 25.4 Å². The molecule has 2 aromatic rings. The van der Waals surface area contributed by atoms with Gasteiger partial charge in [-0.15, -0.1) is 24.0 Å². The molecule has 0 amide bonds. The maximum Gasteiger partial charge on any atom is 0.228 e. The lowest BCUT2D eigenvalue weighted by molar-refractivity contribution is 0.372. The van der Waals surface area contributed by atoms with Gasteiger partial charge < -0.3 is 19.5 Å². The van der Waals surface area contributed by atoms with E-state index in [4.69, 9.17) is 9.26 Å². The number of rotatable bonds is 8. The third-order valence-corrected chi connectivity index (χ3v) is 3.88. The van der Waals surface area contributed by atoms with Crippen molar-refractivity contribution in [3.8, 4) is 5.75 Å². The van der Waals surface area contributed by atoms with Gasteiger partial charge in [0.05, 0.1) is 13.7 Å². The van der Waals surface area contributed by atoms with Crippen LogP contribution in [0.15, 0.2) is 33.8 Å². The summed E-state index contributed by atoms with van der Waals surface area (Å²) in [6, 6.07) is 8.01. The highest BCUT2D eigenvalue weighted by molar-refractivity contribution is 14.0. The van der Waals surface area contributed by atoms with Crippen molar-refractivity contribution in [2.45, 2.75) is 39.7 Å². The number of para-hydroxylation sites is 1. The van der Waals surface area contributed by atoms with E-state index in [1.165, 1.54) is 0 Å². The summed E-state index contributed by atoms with van der Waals surface area (Å²) >= 11 is 0. The first kappa shape index (κ1) is 23.2. The second-order valence-electron chi connectivity index (χ2n) is 6.35. The van der Waals surface area contributed by atoms with E-state index < -0.39 is 0 Å². The van der Waals surface area contributed by atoms with Gasteiger partial charge >= 0.3 is 0 Å². The highest BCUT2D eigenvalue weighted by Gasteiger charge is 2.11. The summed E-state index contributed by atoms with van der Waals surface area (Å²) in [4.78, 5) is 11.1. The SMILES string of the molecule is CCNC(=NCCc1nc(C(C)C)no1)N(C)Cc1ccccc1OC.I. The molecule has 8 heteroatoms. The largest absolute Gasteiger partial charge is 0.496 e. The molecular formula is C19H30IN5O2. The molecule has 2 rings (SSSR count). The molecule has 7 nitrogen and oxygen atoms in total. The van der Waals surface area contributed by atoms with Crippen LogP contribution in [-0.2, 0) is 13.0 Å². The van der Waals surface area contributed by atoms with Crippen molar-refractivity contribution in [2.75, 3.05) is 27.2 Å². The first-order valence-corrected chi connectivity index (χ1v) is 8.99. The molecule has 0 aliphatic heterocycles. The number of nitrogens with zero attached hydrogens (tertiary/aromatic N) is 4. The number of guanidine groups is 1. The van der Waals surface area contributed by atoms with Crippen molar-refractivity contribution >= 4 is 29.9 Å². The molecule has 0 bridgehead atoms. The number of nitrogens with one attached hydrogen (secondary N) is 1. The summed E-state index contributed by atoms with van der Waals surface area (Å²) in [5.74, 6) is 3.34. The highest BCUT2D eigenvalue weighted by atomic mass is 127. The smallest absolute Gasteiger partial charge is 0.228 e. The van der Waals surface area contributed by atoms with Crippen LogP contribution in [0.1, 0.15) is 44.0 Å². The van der Waals surface area contributed by atoms with E-state index in [0.717, 1.165) is 29.6 Å². The Morgan fingerprint density at radius 3 is 2.70 bits per heavy atom. The van der Waals surface area contributed by atoms with Gasteiger partial charge in [-0.1, -0.05) is 37.2 Å². The van der Waals surface area contributed by atoms with Gasteiger partial charge in [-0.05, 0) is 13.0 Å². The van der Waals surface area contributed by atoms with E-state index >= 15 is 0 Å². The van der Waals surface area contributed by atoms with E-state index in [9.17, 15) is 0 Å². The lowest BCUT2D eigenvalue weighted by Gasteiger charge is -2.23. The predicted octanol–water partition coefficient (Wildman–Crippen LogP) is 3.46. The maximum atomic E-state index is 5.43. The van der Waals surface area contributed by atoms with Gasteiger partial charge in [-0.2, -0.15) is 4.98 Å². The Morgan fingerprint density at radius 2 is 2.07 bits per heavy atom. The maximum absolute atomic E-state index is 5.43. The van der Waals surface area contributed by atoms with Crippen LogP contribution < -0.4 is 10.1 Å². The third-order valence-electron chi connectivity index (χ3n) is 3.88. The number of ether oxygens (including phenoxy) is 1. The summed E-state index contributed by atoms with van der Waals surface area (Å²) in [6.07, 6.45) is 0.622. The monoisotopic (exact) mass is 487 g/mol. The number of aliphatic imine (C=N–C) groups is 1. The number of hydrogen-bond donors (Lipinski definition) is 1. The van der Waals surface area contributed by atoms with Crippen molar-refractivity contribution in [3.63, 3.8) is 0 Å². The molecule has 0 fully saturated rings. The standard InChI is InChI=1S/C19H29N5O2.HI/c1-6-20-19(21-12-11-17-22-18(14(2)3)23-26-17)24(4)13-15-9-7-8-10-16(15)25-5;/h7-10,14H,6,11-13H2,1-5H3,(H,20,21);1H.